The van der Waals surface area contributed by atoms with Crippen molar-refractivity contribution in [2.75, 3.05) is 6.54 Å². The lowest BCUT2D eigenvalue weighted by Gasteiger charge is -1.99. The average Bonchev–Trinajstić information content (AvgIpc) is 2.87. The maximum Gasteiger partial charge on any atom is 0.0762 e. The Hall–Kier alpha value is -1.13. The minimum Gasteiger partial charge on any atom is -0.311 e. The van der Waals surface area contributed by atoms with E-state index in [0.717, 1.165) is 25.3 Å². The molecule has 0 aliphatic rings. The van der Waals surface area contributed by atoms with Crippen LogP contribution in [0.25, 0.3) is 0 Å². The van der Waals surface area contributed by atoms with Gasteiger partial charge in [-0.1, -0.05) is 6.92 Å². The lowest BCUT2D eigenvalue weighted by molar-refractivity contribution is 0.645. The summed E-state index contributed by atoms with van der Waals surface area (Å²) >= 11 is 1.73. The van der Waals surface area contributed by atoms with Crippen molar-refractivity contribution in [1.82, 2.24) is 15.1 Å². The Morgan fingerprint density at radius 1 is 1.47 bits per heavy atom. The second-order valence-corrected chi connectivity index (χ2v) is 4.20. The molecule has 0 radical (unpaired) electrons. The third kappa shape index (κ3) is 2.91. The van der Waals surface area contributed by atoms with Gasteiger partial charge < -0.3 is 5.32 Å². The average molecular weight is 221 g/mol. The van der Waals surface area contributed by atoms with Crippen LogP contribution >= 0.6 is 11.3 Å². The lowest BCUT2D eigenvalue weighted by Crippen LogP contribution is -2.12. The van der Waals surface area contributed by atoms with Crippen molar-refractivity contribution < 1.29 is 0 Å². The van der Waals surface area contributed by atoms with Crippen LogP contribution in [0.5, 0.6) is 0 Å². The first-order valence-electron chi connectivity index (χ1n) is 5.12. The predicted molar refractivity (Wildman–Crippen MR) is 63.0 cm³/mol. The molecule has 4 heteroatoms. The Morgan fingerprint density at radius 2 is 2.40 bits per heavy atom. The van der Waals surface area contributed by atoms with E-state index in [9.17, 15) is 0 Å². The van der Waals surface area contributed by atoms with Crippen LogP contribution in [-0.4, -0.2) is 16.3 Å². The zero-order valence-corrected chi connectivity index (χ0v) is 9.63. The molecule has 1 N–H and O–H groups in total. The summed E-state index contributed by atoms with van der Waals surface area (Å²) in [6.07, 6.45) is 2.03. The van der Waals surface area contributed by atoms with Gasteiger partial charge in [-0.2, -0.15) is 16.4 Å². The number of nitrogens with one attached hydrogen (secondary N) is 1. The third-order valence-corrected chi connectivity index (χ3v) is 2.91. The topological polar surface area (TPSA) is 29.9 Å². The standard InChI is InChI=1S/C11H15N3S/c1-2-12-7-11-3-5-14(13-11)8-10-4-6-15-9-10/h3-6,9,12H,2,7-8H2,1H3. The van der Waals surface area contributed by atoms with E-state index in [1.807, 2.05) is 10.9 Å². The highest BCUT2D eigenvalue weighted by atomic mass is 32.1. The number of nitrogens with zero attached hydrogens (tertiary/aromatic N) is 2. The lowest BCUT2D eigenvalue weighted by atomic mass is 10.3. The van der Waals surface area contributed by atoms with E-state index in [2.05, 4.69) is 40.2 Å². The summed E-state index contributed by atoms with van der Waals surface area (Å²) in [6.45, 7) is 4.81. The highest BCUT2D eigenvalue weighted by Crippen LogP contribution is 2.07. The Kier molecular flexibility index (Phi) is 3.53. The highest BCUT2D eigenvalue weighted by molar-refractivity contribution is 7.07. The van der Waals surface area contributed by atoms with Gasteiger partial charge >= 0.3 is 0 Å². The molecule has 2 heterocycles. The van der Waals surface area contributed by atoms with E-state index in [4.69, 9.17) is 0 Å². The normalized spacial score (nSPS) is 10.7. The smallest absolute Gasteiger partial charge is 0.0762 e. The summed E-state index contributed by atoms with van der Waals surface area (Å²) in [7, 11) is 0. The Morgan fingerprint density at radius 3 is 3.13 bits per heavy atom. The minimum atomic E-state index is 0.854. The number of hydrogen-bond acceptors (Lipinski definition) is 3. The van der Waals surface area contributed by atoms with Crippen molar-refractivity contribution in [3.8, 4) is 0 Å². The van der Waals surface area contributed by atoms with Gasteiger partial charge in [-0.3, -0.25) is 4.68 Å². The summed E-state index contributed by atoms with van der Waals surface area (Å²) < 4.78 is 1.98. The van der Waals surface area contributed by atoms with Gasteiger partial charge in [0.05, 0.1) is 12.2 Å². The van der Waals surface area contributed by atoms with Gasteiger partial charge in [0.1, 0.15) is 0 Å². The fraction of sp³-hybridized carbons (Fsp3) is 0.364. The summed E-state index contributed by atoms with van der Waals surface area (Å²) in [5, 5.41) is 12.0. The first-order valence-corrected chi connectivity index (χ1v) is 6.07. The third-order valence-electron chi connectivity index (χ3n) is 2.18. The molecule has 80 valence electrons. The van der Waals surface area contributed by atoms with Crippen molar-refractivity contribution in [2.24, 2.45) is 0 Å². The molecule has 0 fully saturated rings. The summed E-state index contributed by atoms with van der Waals surface area (Å²) in [6, 6.07) is 4.20. The Labute approximate surface area is 93.7 Å². The molecule has 2 aromatic heterocycles. The molecule has 2 aromatic rings. The van der Waals surface area contributed by atoms with Gasteiger partial charge in [0.25, 0.3) is 0 Å². The van der Waals surface area contributed by atoms with Crippen LogP contribution in [0.1, 0.15) is 18.2 Å². The van der Waals surface area contributed by atoms with Gasteiger partial charge in [-0.05, 0) is 35.0 Å². The molecule has 0 saturated heterocycles. The van der Waals surface area contributed by atoms with Crippen molar-refractivity contribution in [1.29, 1.82) is 0 Å². The Balaban J connectivity index is 1.95. The molecule has 0 aliphatic heterocycles. The second kappa shape index (κ2) is 5.09. The van der Waals surface area contributed by atoms with Crippen LogP contribution in [0.2, 0.25) is 0 Å². The predicted octanol–water partition coefficient (Wildman–Crippen LogP) is 2.10. The van der Waals surface area contributed by atoms with Crippen LogP contribution in [-0.2, 0) is 13.1 Å². The van der Waals surface area contributed by atoms with Gasteiger partial charge in [-0.25, -0.2) is 0 Å². The molecule has 0 aromatic carbocycles. The number of aromatic nitrogens is 2. The van der Waals surface area contributed by atoms with E-state index in [0.29, 0.717) is 0 Å². The van der Waals surface area contributed by atoms with Crippen LogP contribution in [0.3, 0.4) is 0 Å². The Bertz CT molecular complexity index is 392. The van der Waals surface area contributed by atoms with Crippen molar-refractivity contribution >= 4 is 11.3 Å². The largest absolute Gasteiger partial charge is 0.311 e. The van der Waals surface area contributed by atoms with E-state index in [1.54, 1.807) is 11.3 Å². The molecular formula is C11H15N3S. The van der Waals surface area contributed by atoms with Crippen LogP contribution < -0.4 is 5.32 Å². The molecule has 0 aliphatic carbocycles. The molecular weight excluding hydrogens is 206 g/mol. The fourth-order valence-corrected chi connectivity index (χ4v) is 2.07. The molecule has 0 bridgehead atoms. The highest BCUT2D eigenvalue weighted by Gasteiger charge is 1.99. The number of hydrogen-bond donors (Lipinski definition) is 1. The summed E-state index contributed by atoms with van der Waals surface area (Å²) in [5.41, 5.74) is 2.42. The quantitative estimate of drug-likeness (QED) is 0.838. The number of thiophene rings is 1. The first kappa shape index (κ1) is 10.4. The van der Waals surface area contributed by atoms with Gasteiger partial charge in [0.2, 0.25) is 0 Å². The first-order chi connectivity index (χ1) is 7.38. The molecule has 0 unspecified atom stereocenters. The van der Waals surface area contributed by atoms with E-state index < -0.39 is 0 Å². The maximum atomic E-state index is 4.48. The van der Waals surface area contributed by atoms with E-state index in [1.165, 1.54) is 5.56 Å². The van der Waals surface area contributed by atoms with Gasteiger partial charge in [0, 0.05) is 12.7 Å². The van der Waals surface area contributed by atoms with Crippen LogP contribution in [0, 0.1) is 0 Å². The van der Waals surface area contributed by atoms with Gasteiger partial charge in [-0.15, -0.1) is 0 Å². The molecule has 3 nitrogen and oxygen atoms in total. The molecule has 0 saturated carbocycles. The van der Waals surface area contributed by atoms with E-state index in [-0.39, 0.29) is 0 Å². The van der Waals surface area contributed by atoms with Crippen molar-refractivity contribution in [3.63, 3.8) is 0 Å². The molecule has 0 amide bonds. The zero-order valence-electron chi connectivity index (χ0n) is 8.81. The van der Waals surface area contributed by atoms with Gasteiger partial charge in [0.15, 0.2) is 0 Å². The molecule has 15 heavy (non-hydrogen) atoms. The number of rotatable bonds is 5. The van der Waals surface area contributed by atoms with Crippen LogP contribution in [0.15, 0.2) is 29.1 Å². The molecule has 0 spiro atoms. The summed E-state index contributed by atoms with van der Waals surface area (Å²) in [4.78, 5) is 0. The molecule has 2 rings (SSSR count). The molecule has 0 atom stereocenters. The van der Waals surface area contributed by atoms with Crippen molar-refractivity contribution in [2.45, 2.75) is 20.0 Å². The maximum absolute atomic E-state index is 4.48. The zero-order chi connectivity index (χ0) is 10.5. The van der Waals surface area contributed by atoms with Crippen LogP contribution in [0.4, 0.5) is 0 Å². The van der Waals surface area contributed by atoms with E-state index >= 15 is 0 Å². The fourth-order valence-electron chi connectivity index (χ4n) is 1.41. The SMILES string of the molecule is CCNCc1ccn(Cc2ccsc2)n1. The summed E-state index contributed by atoms with van der Waals surface area (Å²) in [5.74, 6) is 0. The van der Waals surface area contributed by atoms with Crippen molar-refractivity contribution in [3.05, 3.63) is 40.3 Å². The monoisotopic (exact) mass is 221 g/mol. The minimum absolute atomic E-state index is 0.854. The second-order valence-electron chi connectivity index (χ2n) is 3.42.